The maximum atomic E-state index is 10.4. The Labute approximate surface area is 105 Å². The minimum Gasteiger partial charge on any atom is -0.412 e. The van der Waals surface area contributed by atoms with E-state index in [1.807, 2.05) is 24.3 Å². The van der Waals surface area contributed by atoms with Crippen LogP contribution in [0.1, 0.15) is 0 Å². The van der Waals surface area contributed by atoms with Crippen molar-refractivity contribution in [3.05, 3.63) is 29.0 Å². The molecule has 2 rings (SSSR count). The molecule has 0 bridgehead atoms. The molecule has 15 heavy (non-hydrogen) atoms. The third kappa shape index (κ3) is 4.16. The fourth-order valence-corrected chi connectivity index (χ4v) is 1.32. The van der Waals surface area contributed by atoms with Crippen molar-refractivity contribution in [3.8, 4) is 0 Å². The van der Waals surface area contributed by atoms with Gasteiger partial charge in [0.25, 0.3) is 0 Å². The van der Waals surface area contributed by atoms with Crippen LogP contribution in [0.5, 0.6) is 0 Å². The smallest absolute Gasteiger partial charge is 0.205 e. The predicted molar refractivity (Wildman–Crippen MR) is 60.6 cm³/mol. The van der Waals surface area contributed by atoms with Gasteiger partial charge in [-0.3, -0.25) is 0 Å². The van der Waals surface area contributed by atoms with Crippen molar-refractivity contribution in [1.82, 2.24) is 9.97 Å². The Hall–Kier alpha value is -0.644. The van der Waals surface area contributed by atoms with Gasteiger partial charge in [0.2, 0.25) is 4.77 Å². The quantitative estimate of drug-likeness (QED) is 0.417. The van der Waals surface area contributed by atoms with Crippen LogP contribution in [0.25, 0.3) is 11.0 Å². The third-order valence-corrected chi connectivity index (χ3v) is 1.88. The Bertz CT molecular complexity index is 441. The summed E-state index contributed by atoms with van der Waals surface area (Å²) in [6, 6.07) is 7.69. The zero-order chi connectivity index (χ0) is 7.68. The molecule has 1 aromatic carbocycles. The van der Waals surface area contributed by atoms with E-state index < -0.39 is 0 Å². The SMILES string of the molecule is O.O.O.O=S=c1[nH]c2ccccc2[nH]1.[Mg]. The number of hydrogen-bond acceptors (Lipinski definition) is 1. The standard InChI is InChI=1S/C7H6N2OS.Mg.3H2O/c10-11-7-8-5-3-1-2-4-6(5)9-7;;;;/h1-4,8-9H;;3*1H2. The zero-order valence-corrected chi connectivity index (χ0v) is 10.1. The first-order valence-electron chi connectivity index (χ1n) is 3.20. The molecular weight excluding hydrogens is 232 g/mol. The summed E-state index contributed by atoms with van der Waals surface area (Å²) in [5, 5.41) is 0. The summed E-state index contributed by atoms with van der Waals surface area (Å²) in [7, 11) is 0. The summed E-state index contributed by atoms with van der Waals surface area (Å²) in [5.41, 5.74) is 1.93. The van der Waals surface area contributed by atoms with E-state index in [2.05, 4.69) is 9.97 Å². The predicted octanol–water partition coefficient (Wildman–Crippen LogP) is -1.61. The minimum absolute atomic E-state index is 0. The van der Waals surface area contributed by atoms with Gasteiger partial charge in [0.15, 0.2) is 0 Å². The lowest BCUT2D eigenvalue weighted by atomic mass is 10.3. The van der Waals surface area contributed by atoms with Gasteiger partial charge in [-0.1, -0.05) is 12.1 Å². The Kier molecular flexibility index (Phi) is 11.4. The van der Waals surface area contributed by atoms with Crippen molar-refractivity contribution >= 4 is 45.3 Å². The highest BCUT2D eigenvalue weighted by molar-refractivity contribution is 7.56. The summed E-state index contributed by atoms with van der Waals surface area (Å²) >= 11 is 0.433. The van der Waals surface area contributed by atoms with Crippen LogP contribution < -0.4 is 0 Å². The van der Waals surface area contributed by atoms with Gasteiger partial charge in [-0.05, 0) is 12.1 Å². The lowest BCUT2D eigenvalue weighted by Crippen LogP contribution is -1.63. The molecule has 0 aliphatic carbocycles. The summed E-state index contributed by atoms with van der Waals surface area (Å²) < 4.78 is 10.9. The minimum atomic E-state index is 0. The fraction of sp³-hybridized carbons (Fsp3) is 0. The van der Waals surface area contributed by atoms with Gasteiger partial charge in [-0.2, -0.15) is 0 Å². The highest BCUT2D eigenvalue weighted by atomic mass is 32.1. The molecule has 8 heteroatoms. The van der Waals surface area contributed by atoms with E-state index >= 15 is 0 Å². The summed E-state index contributed by atoms with van der Waals surface area (Å²) in [6.45, 7) is 0. The van der Waals surface area contributed by atoms with Crippen molar-refractivity contribution in [1.29, 1.82) is 0 Å². The molecule has 0 aliphatic rings. The van der Waals surface area contributed by atoms with Gasteiger partial charge >= 0.3 is 0 Å². The van der Waals surface area contributed by atoms with Crippen LogP contribution in [0.4, 0.5) is 0 Å². The number of nitrogens with one attached hydrogen (secondary N) is 2. The number of hydrogen-bond donors (Lipinski definition) is 2. The number of aromatic nitrogens is 2. The molecule has 0 amide bonds. The van der Waals surface area contributed by atoms with Crippen LogP contribution in [0.2, 0.25) is 0 Å². The van der Waals surface area contributed by atoms with Crippen molar-refractivity contribution in [2.24, 2.45) is 0 Å². The van der Waals surface area contributed by atoms with E-state index in [1.54, 1.807) is 0 Å². The first kappa shape index (κ1) is 19.9. The first-order chi connectivity index (χ1) is 5.40. The van der Waals surface area contributed by atoms with Crippen LogP contribution in [0, 0.1) is 4.77 Å². The number of imidazole rings is 1. The van der Waals surface area contributed by atoms with Crippen LogP contribution in [-0.4, -0.2) is 53.7 Å². The number of H-pyrrole nitrogens is 2. The monoisotopic (exact) mass is 244 g/mol. The molecule has 0 spiro atoms. The van der Waals surface area contributed by atoms with Gasteiger partial charge in [-0.25, -0.2) is 4.21 Å². The Morgan fingerprint density at radius 1 is 0.933 bits per heavy atom. The number of benzene rings is 1. The Morgan fingerprint density at radius 3 is 1.67 bits per heavy atom. The molecule has 0 saturated carbocycles. The van der Waals surface area contributed by atoms with E-state index in [0.29, 0.717) is 16.0 Å². The summed E-state index contributed by atoms with van der Waals surface area (Å²) in [6.07, 6.45) is 0. The molecule has 0 unspecified atom stereocenters. The fourth-order valence-electron chi connectivity index (χ4n) is 1.02. The van der Waals surface area contributed by atoms with E-state index in [0.717, 1.165) is 11.0 Å². The molecule has 8 N–H and O–H groups in total. The Morgan fingerprint density at radius 2 is 1.33 bits per heavy atom. The van der Waals surface area contributed by atoms with Gasteiger partial charge in [0.1, 0.15) is 11.3 Å². The summed E-state index contributed by atoms with van der Waals surface area (Å²) in [5.74, 6) is 0. The molecule has 0 fully saturated rings. The van der Waals surface area contributed by atoms with Crippen LogP contribution in [0.15, 0.2) is 24.3 Å². The van der Waals surface area contributed by atoms with Crippen molar-refractivity contribution in [2.75, 3.05) is 0 Å². The summed E-state index contributed by atoms with van der Waals surface area (Å²) in [4.78, 5) is 5.88. The molecular formula is C7H12MgN2O4S. The molecule has 6 nitrogen and oxygen atoms in total. The van der Waals surface area contributed by atoms with Gasteiger partial charge in [-0.15, -0.1) is 0 Å². The molecule has 0 atom stereocenters. The highest BCUT2D eigenvalue weighted by Gasteiger charge is 1.91. The number of fused-ring (bicyclic) bond motifs is 1. The molecule has 0 saturated heterocycles. The van der Waals surface area contributed by atoms with Crippen molar-refractivity contribution in [3.63, 3.8) is 0 Å². The number of aromatic amines is 2. The van der Waals surface area contributed by atoms with E-state index in [9.17, 15) is 4.21 Å². The van der Waals surface area contributed by atoms with E-state index in [-0.39, 0.29) is 39.5 Å². The third-order valence-electron chi connectivity index (χ3n) is 1.51. The molecule has 2 radical (unpaired) electrons. The molecule has 2 aromatic rings. The second-order valence-corrected chi connectivity index (χ2v) is 2.78. The highest BCUT2D eigenvalue weighted by Crippen LogP contribution is 2.06. The number of para-hydroxylation sites is 2. The molecule has 1 heterocycles. The number of rotatable bonds is 0. The zero-order valence-electron chi connectivity index (χ0n) is 7.83. The lowest BCUT2D eigenvalue weighted by molar-refractivity contribution is 0.699. The van der Waals surface area contributed by atoms with Gasteiger partial charge in [0, 0.05) is 23.1 Å². The van der Waals surface area contributed by atoms with Crippen LogP contribution >= 0.6 is 0 Å². The first-order valence-corrected chi connectivity index (χ1v) is 3.94. The van der Waals surface area contributed by atoms with E-state index in [4.69, 9.17) is 0 Å². The average Bonchev–Trinajstić information content (AvgIpc) is 2.46. The largest absolute Gasteiger partial charge is 0.412 e. The van der Waals surface area contributed by atoms with Gasteiger partial charge in [0.05, 0.1) is 11.0 Å². The van der Waals surface area contributed by atoms with E-state index in [1.165, 1.54) is 0 Å². The lowest BCUT2D eigenvalue weighted by Gasteiger charge is -1.82. The van der Waals surface area contributed by atoms with Crippen molar-refractivity contribution in [2.45, 2.75) is 0 Å². The van der Waals surface area contributed by atoms with Crippen molar-refractivity contribution < 1.29 is 20.6 Å². The van der Waals surface area contributed by atoms with Crippen LogP contribution in [-0.2, 0) is 11.3 Å². The molecule has 1 aromatic heterocycles. The second-order valence-electron chi connectivity index (χ2n) is 2.21. The molecule has 0 aliphatic heterocycles. The maximum absolute atomic E-state index is 10.4. The van der Waals surface area contributed by atoms with Crippen LogP contribution in [0.3, 0.4) is 0 Å². The molecule has 82 valence electrons. The second kappa shape index (κ2) is 8.65. The Balaban J connectivity index is -0.000000360. The maximum Gasteiger partial charge on any atom is 0.205 e. The average molecular weight is 245 g/mol. The normalized spacial score (nSPS) is 7.47. The van der Waals surface area contributed by atoms with Gasteiger partial charge < -0.3 is 26.4 Å². The topological polar surface area (TPSA) is 143 Å².